The number of aliphatic hydroxyl groups excluding tert-OH is 1. The van der Waals surface area contributed by atoms with E-state index < -0.39 is 10.0 Å². The highest BCUT2D eigenvalue weighted by molar-refractivity contribution is 7.92. The van der Waals surface area contributed by atoms with Crippen molar-refractivity contribution in [3.8, 4) is 0 Å². The first-order valence-electron chi connectivity index (χ1n) is 6.69. The third-order valence-electron chi connectivity index (χ3n) is 3.27. The van der Waals surface area contributed by atoms with E-state index in [0.29, 0.717) is 18.2 Å². The highest BCUT2D eigenvalue weighted by Crippen LogP contribution is 2.24. The predicted molar refractivity (Wildman–Crippen MR) is 80.6 cm³/mol. The number of carbonyl (C=O) groups is 1. The summed E-state index contributed by atoms with van der Waals surface area (Å²) in [5, 5.41) is 14.2. The lowest BCUT2D eigenvalue weighted by Crippen LogP contribution is -2.30. The van der Waals surface area contributed by atoms with Gasteiger partial charge < -0.3 is 10.4 Å². The molecule has 0 aromatic carbocycles. The van der Waals surface area contributed by atoms with Crippen molar-refractivity contribution >= 4 is 32.4 Å². The summed E-state index contributed by atoms with van der Waals surface area (Å²) in [6.07, 6.45) is 3.40. The Morgan fingerprint density at radius 3 is 2.90 bits per heavy atom. The van der Waals surface area contributed by atoms with Crippen LogP contribution in [0.15, 0.2) is 5.38 Å². The summed E-state index contributed by atoms with van der Waals surface area (Å²) < 4.78 is 24.4. The highest BCUT2D eigenvalue weighted by atomic mass is 32.2. The second-order valence-corrected chi connectivity index (χ2v) is 7.94. The fourth-order valence-corrected chi connectivity index (χ4v) is 3.88. The minimum Gasteiger partial charge on any atom is -0.393 e. The lowest BCUT2D eigenvalue weighted by Gasteiger charge is -2.10. The minimum absolute atomic E-state index is 0.122. The third kappa shape index (κ3) is 5.60. The molecule has 1 saturated carbocycles. The lowest BCUT2D eigenvalue weighted by molar-refractivity contribution is -0.120. The number of amides is 1. The molecule has 1 fully saturated rings. The molecule has 7 nitrogen and oxygen atoms in total. The van der Waals surface area contributed by atoms with Gasteiger partial charge in [0.15, 0.2) is 5.13 Å². The van der Waals surface area contributed by atoms with Crippen LogP contribution in [-0.2, 0) is 21.2 Å². The molecule has 0 aliphatic heterocycles. The Morgan fingerprint density at radius 2 is 2.29 bits per heavy atom. The number of carbonyl (C=O) groups excluding carboxylic acids is 1. The molecule has 2 unspecified atom stereocenters. The Morgan fingerprint density at radius 1 is 1.52 bits per heavy atom. The van der Waals surface area contributed by atoms with E-state index in [4.69, 9.17) is 0 Å². The molecule has 1 heterocycles. The molecule has 1 aromatic heterocycles. The molecule has 21 heavy (non-hydrogen) atoms. The van der Waals surface area contributed by atoms with Gasteiger partial charge in [0, 0.05) is 11.9 Å². The molecular weight excluding hydrogens is 314 g/mol. The maximum absolute atomic E-state index is 11.8. The van der Waals surface area contributed by atoms with Crippen LogP contribution in [0.2, 0.25) is 0 Å². The van der Waals surface area contributed by atoms with Crippen LogP contribution in [0.1, 0.15) is 25.0 Å². The van der Waals surface area contributed by atoms with E-state index in [1.165, 1.54) is 0 Å². The highest BCUT2D eigenvalue weighted by Gasteiger charge is 2.23. The summed E-state index contributed by atoms with van der Waals surface area (Å²) in [5.74, 6) is 0.189. The van der Waals surface area contributed by atoms with Crippen molar-refractivity contribution in [3.05, 3.63) is 11.1 Å². The van der Waals surface area contributed by atoms with Crippen molar-refractivity contribution in [2.75, 3.05) is 17.5 Å². The molecule has 1 amide bonds. The van der Waals surface area contributed by atoms with E-state index in [2.05, 4.69) is 15.0 Å². The summed E-state index contributed by atoms with van der Waals surface area (Å²) in [6, 6.07) is 0. The number of rotatable bonds is 6. The van der Waals surface area contributed by atoms with Gasteiger partial charge in [-0.3, -0.25) is 9.52 Å². The molecule has 0 bridgehead atoms. The zero-order valence-corrected chi connectivity index (χ0v) is 13.3. The summed E-state index contributed by atoms with van der Waals surface area (Å²) in [5.41, 5.74) is 0.537. The number of nitrogens with zero attached hydrogens (tertiary/aromatic N) is 1. The van der Waals surface area contributed by atoms with Crippen molar-refractivity contribution in [1.29, 1.82) is 0 Å². The van der Waals surface area contributed by atoms with Gasteiger partial charge in [0.1, 0.15) is 0 Å². The SMILES string of the molecule is CS(=O)(=O)Nc1nc(CC(=O)NCC2CCC(O)C2)cs1. The van der Waals surface area contributed by atoms with Crippen molar-refractivity contribution in [1.82, 2.24) is 10.3 Å². The first-order chi connectivity index (χ1) is 9.82. The van der Waals surface area contributed by atoms with Gasteiger partial charge in [-0.2, -0.15) is 0 Å². The van der Waals surface area contributed by atoms with Crippen LogP contribution >= 0.6 is 11.3 Å². The normalized spacial score (nSPS) is 22.2. The number of aromatic nitrogens is 1. The van der Waals surface area contributed by atoms with Crippen LogP contribution in [0.4, 0.5) is 5.13 Å². The van der Waals surface area contributed by atoms with Crippen LogP contribution in [-0.4, -0.2) is 43.3 Å². The molecule has 3 N–H and O–H groups in total. The fraction of sp³-hybridized carbons (Fsp3) is 0.667. The van der Waals surface area contributed by atoms with Crippen molar-refractivity contribution in [2.45, 2.75) is 31.8 Å². The molecule has 0 spiro atoms. The topological polar surface area (TPSA) is 108 Å². The molecular formula is C12H19N3O4S2. The monoisotopic (exact) mass is 333 g/mol. The van der Waals surface area contributed by atoms with Crippen molar-refractivity contribution < 1.29 is 18.3 Å². The van der Waals surface area contributed by atoms with Crippen LogP contribution in [0.5, 0.6) is 0 Å². The van der Waals surface area contributed by atoms with Crippen molar-refractivity contribution in [2.24, 2.45) is 5.92 Å². The van der Waals surface area contributed by atoms with Crippen LogP contribution in [0.25, 0.3) is 0 Å². The van der Waals surface area contributed by atoms with Gasteiger partial charge in [-0.15, -0.1) is 11.3 Å². The third-order valence-corrected chi connectivity index (χ3v) is 4.77. The van der Waals surface area contributed by atoms with Crippen LogP contribution in [0.3, 0.4) is 0 Å². The van der Waals surface area contributed by atoms with Gasteiger partial charge in [-0.1, -0.05) is 0 Å². The van der Waals surface area contributed by atoms with Crippen LogP contribution < -0.4 is 10.0 Å². The number of thiazole rings is 1. The number of hydrogen-bond donors (Lipinski definition) is 3. The molecule has 1 aromatic rings. The average molecular weight is 333 g/mol. The number of sulfonamides is 1. The maximum atomic E-state index is 11.8. The minimum atomic E-state index is -3.35. The van der Waals surface area contributed by atoms with E-state index in [1.807, 2.05) is 0 Å². The zero-order chi connectivity index (χ0) is 15.5. The average Bonchev–Trinajstić information content (AvgIpc) is 2.94. The molecule has 2 rings (SSSR count). The zero-order valence-electron chi connectivity index (χ0n) is 11.7. The molecule has 0 saturated heterocycles. The number of hydrogen-bond acceptors (Lipinski definition) is 6. The Balaban J connectivity index is 1.77. The van der Waals surface area contributed by atoms with Gasteiger partial charge in [0.2, 0.25) is 15.9 Å². The van der Waals surface area contributed by atoms with E-state index >= 15 is 0 Å². The largest absolute Gasteiger partial charge is 0.393 e. The van der Waals surface area contributed by atoms with Gasteiger partial charge in [-0.05, 0) is 25.2 Å². The Hall–Kier alpha value is -1.19. The molecule has 2 atom stereocenters. The number of anilines is 1. The first kappa shape index (κ1) is 16.2. The number of nitrogens with one attached hydrogen (secondary N) is 2. The van der Waals surface area contributed by atoms with Gasteiger partial charge in [0.25, 0.3) is 0 Å². The predicted octanol–water partition coefficient (Wildman–Crippen LogP) is 0.334. The van der Waals surface area contributed by atoms with Crippen molar-refractivity contribution in [3.63, 3.8) is 0 Å². The Labute approximate surface area is 127 Å². The Bertz CT molecular complexity index is 599. The van der Waals surface area contributed by atoms with Crippen LogP contribution in [0, 0.1) is 5.92 Å². The van der Waals surface area contributed by atoms with Gasteiger partial charge in [0.05, 0.1) is 24.5 Å². The van der Waals surface area contributed by atoms with Gasteiger partial charge in [-0.25, -0.2) is 13.4 Å². The van der Waals surface area contributed by atoms with E-state index in [-0.39, 0.29) is 23.6 Å². The second-order valence-electron chi connectivity index (χ2n) is 5.33. The molecule has 1 aliphatic rings. The summed E-state index contributed by atoms with van der Waals surface area (Å²) >= 11 is 1.15. The van der Waals surface area contributed by atoms with E-state index in [1.54, 1.807) is 5.38 Å². The molecule has 0 radical (unpaired) electrons. The first-order valence-corrected chi connectivity index (χ1v) is 9.46. The number of aliphatic hydroxyl groups is 1. The molecule has 1 aliphatic carbocycles. The summed E-state index contributed by atoms with van der Waals surface area (Å²) in [7, 11) is -3.35. The standard InChI is InChI=1S/C12H19N3O4S2/c1-21(18,19)15-12-14-9(7-20-12)5-11(17)13-6-8-2-3-10(16)4-8/h7-8,10,16H,2-6H2,1H3,(H,13,17)(H,14,15). The Kier molecular flexibility index (Phi) is 5.17. The van der Waals surface area contributed by atoms with E-state index in [9.17, 15) is 18.3 Å². The smallest absolute Gasteiger partial charge is 0.231 e. The summed E-state index contributed by atoms with van der Waals surface area (Å²) in [6.45, 7) is 0.564. The lowest BCUT2D eigenvalue weighted by atomic mass is 10.1. The van der Waals surface area contributed by atoms with Gasteiger partial charge >= 0.3 is 0 Å². The fourth-order valence-electron chi connectivity index (χ4n) is 2.31. The molecule has 118 valence electrons. The van der Waals surface area contributed by atoms with E-state index in [0.717, 1.165) is 36.9 Å². The summed E-state index contributed by atoms with van der Waals surface area (Å²) in [4.78, 5) is 15.9. The molecule has 9 heteroatoms. The maximum Gasteiger partial charge on any atom is 0.231 e. The second kappa shape index (κ2) is 6.71. The quantitative estimate of drug-likeness (QED) is 0.695.